The molecule has 0 aliphatic carbocycles. The average Bonchev–Trinajstić information content (AvgIpc) is 2.83. The van der Waals surface area contributed by atoms with E-state index in [-0.39, 0.29) is 4.87 Å². The third-order valence-corrected chi connectivity index (χ3v) is 4.06. The van der Waals surface area contributed by atoms with Crippen molar-refractivity contribution in [2.75, 3.05) is 7.11 Å². The Hall–Kier alpha value is -2.11. The molecule has 0 unspecified atom stereocenters. The van der Waals surface area contributed by atoms with E-state index in [2.05, 4.69) is 10.1 Å². The fraction of sp³-hybridized carbons (Fsp3) is 0.0667. The van der Waals surface area contributed by atoms with E-state index < -0.39 is 0 Å². The number of hydrogen-bond donors (Lipinski definition) is 1. The van der Waals surface area contributed by atoms with Gasteiger partial charge < -0.3 is 9.82 Å². The summed E-state index contributed by atoms with van der Waals surface area (Å²) < 4.78 is 0.878. The van der Waals surface area contributed by atoms with Crippen molar-refractivity contribution in [3.05, 3.63) is 68.3 Å². The van der Waals surface area contributed by atoms with Crippen molar-refractivity contribution in [3.8, 4) is 0 Å². The molecule has 0 saturated heterocycles. The molecule has 1 heterocycles. The number of fused-ring (bicyclic) bond motifs is 1. The van der Waals surface area contributed by atoms with Gasteiger partial charge in [-0.15, -0.1) is 0 Å². The molecule has 1 N–H and O–H groups in total. The summed E-state index contributed by atoms with van der Waals surface area (Å²) in [6.07, 6.45) is 0. The molecule has 0 aliphatic rings. The molecule has 0 saturated carbocycles. The number of hydrogen-bond acceptors (Lipinski definition) is 4. The normalized spacial score (nSPS) is 11.8. The van der Waals surface area contributed by atoms with Gasteiger partial charge >= 0.3 is 4.87 Å². The number of nitrogens with one attached hydrogen (secondary N) is 1. The van der Waals surface area contributed by atoms with Gasteiger partial charge in [0.2, 0.25) is 0 Å². The second kappa shape index (κ2) is 5.71. The molecule has 0 atom stereocenters. The molecule has 2 aromatic carbocycles. The highest BCUT2D eigenvalue weighted by Gasteiger charge is 2.10. The van der Waals surface area contributed by atoms with Crippen LogP contribution in [0.1, 0.15) is 11.1 Å². The van der Waals surface area contributed by atoms with E-state index in [0.29, 0.717) is 10.7 Å². The van der Waals surface area contributed by atoms with Gasteiger partial charge in [-0.2, -0.15) is 0 Å². The first kappa shape index (κ1) is 13.9. The van der Waals surface area contributed by atoms with Crippen LogP contribution >= 0.6 is 22.9 Å². The summed E-state index contributed by atoms with van der Waals surface area (Å²) in [7, 11) is 1.50. The van der Waals surface area contributed by atoms with Gasteiger partial charge in [-0.05, 0) is 24.3 Å². The van der Waals surface area contributed by atoms with Gasteiger partial charge in [-0.25, -0.2) is 0 Å². The number of halogens is 1. The molecule has 1 aromatic heterocycles. The van der Waals surface area contributed by atoms with Crippen molar-refractivity contribution in [1.82, 2.24) is 4.98 Å². The Morgan fingerprint density at radius 1 is 1.24 bits per heavy atom. The first-order valence-electron chi connectivity index (χ1n) is 6.18. The minimum Gasteiger partial charge on any atom is -0.399 e. The maximum absolute atomic E-state index is 11.4. The van der Waals surface area contributed by atoms with Crippen molar-refractivity contribution >= 4 is 38.9 Å². The van der Waals surface area contributed by atoms with Gasteiger partial charge in [0.05, 0.1) is 10.2 Å². The number of benzene rings is 2. The molecule has 4 nitrogen and oxygen atoms in total. The van der Waals surface area contributed by atoms with Gasteiger partial charge in [0.25, 0.3) is 0 Å². The van der Waals surface area contributed by atoms with E-state index in [1.54, 1.807) is 6.07 Å². The van der Waals surface area contributed by atoms with Crippen molar-refractivity contribution < 1.29 is 4.84 Å². The maximum atomic E-state index is 11.4. The summed E-state index contributed by atoms with van der Waals surface area (Å²) in [5, 5.41) is 4.72. The number of nitrogens with zero attached hydrogens (tertiary/aromatic N) is 1. The van der Waals surface area contributed by atoms with Crippen LogP contribution in [-0.4, -0.2) is 17.8 Å². The Balaban J connectivity index is 2.15. The molecule has 0 amide bonds. The van der Waals surface area contributed by atoms with Crippen molar-refractivity contribution in [2.24, 2.45) is 5.16 Å². The topological polar surface area (TPSA) is 54.4 Å². The summed E-state index contributed by atoms with van der Waals surface area (Å²) >= 11 is 7.20. The summed E-state index contributed by atoms with van der Waals surface area (Å²) in [6, 6.07) is 13.1. The fourth-order valence-electron chi connectivity index (χ4n) is 2.09. The number of aromatic nitrogens is 1. The Morgan fingerprint density at radius 2 is 2.05 bits per heavy atom. The van der Waals surface area contributed by atoms with Crippen LogP contribution < -0.4 is 4.87 Å². The molecular weight excluding hydrogens is 308 g/mol. The van der Waals surface area contributed by atoms with E-state index in [9.17, 15) is 4.79 Å². The van der Waals surface area contributed by atoms with Crippen LogP contribution in [0.25, 0.3) is 10.2 Å². The van der Waals surface area contributed by atoms with E-state index in [1.165, 1.54) is 18.4 Å². The summed E-state index contributed by atoms with van der Waals surface area (Å²) in [4.78, 5) is 19.1. The first-order chi connectivity index (χ1) is 10.2. The van der Waals surface area contributed by atoms with Gasteiger partial charge in [-0.1, -0.05) is 46.3 Å². The Labute approximate surface area is 129 Å². The van der Waals surface area contributed by atoms with Crippen LogP contribution in [-0.2, 0) is 4.84 Å². The fourth-order valence-corrected chi connectivity index (χ4v) is 3.06. The highest BCUT2D eigenvalue weighted by Crippen LogP contribution is 2.21. The van der Waals surface area contributed by atoms with Crippen LogP contribution in [0, 0.1) is 0 Å². The maximum Gasteiger partial charge on any atom is 0.305 e. The van der Waals surface area contributed by atoms with Gasteiger partial charge in [0.1, 0.15) is 12.8 Å². The average molecular weight is 319 g/mol. The second-order valence-corrected chi connectivity index (χ2v) is 5.81. The lowest BCUT2D eigenvalue weighted by molar-refractivity contribution is 0.214. The highest BCUT2D eigenvalue weighted by atomic mass is 35.5. The molecule has 0 spiro atoms. The zero-order valence-electron chi connectivity index (χ0n) is 11.1. The first-order valence-corrected chi connectivity index (χ1v) is 7.37. The largest absolute Gasteiger partial charge is 0.399 e. The third-order valence-electron chi connectivity index (χ3n) is 2.98. The van der Waals surface area contributed by atoms with E-state index in [0.717, 1.165) is 21.3 Å². The predicted octanol–water partition coefficient (Wildman–Crippen LogP) is 3.64. The molecule has 0 radical (unpaired) electrons. The zero-order chi connectivity index (χ0) is 14.8. The molecule has 0 fully saturated rings. The van der Waals surface area contributed by atoms with Gasteiger partial charge in [0, 0.05) is 16.1 Å². The number of thiazole rings is 1. The SMILES string of the molecule is CO/N=C(/c1cccc(Cl)c1)c1ccc2[nH]c(=O)sc2c1. The molecule has 0 bridgehead atoms. The highest BCUT2D eigenvalue weighted by molar-refractivity contribution is 7.16. The van der Waals surface area contributed by atoms with E-state index in [1.807, 2.05) is 36.4 Å². The second-order valence-electron chi connectivity index (χ2n) is 4.36. The lowest BCUT2D eigenvalue weighted by Gasteiger charge is -2.07. The quantitative estimate of drug-likeness (QED) is 0.592. The van der Waals surface area contributed by atoms with Crippen LogP contribution in [0.5, 0.6) is 0 Å². The summed E-state index contributed by atoms with van der Waals surface area (Å²) in [6.45, 7) is 0. The van der Waals surface area contributed by atoms with Crippen LogP contribution in [0.2, 0.25) is 5.02 Å². The van der Waals surface area contributed by atoms with Crippen molar-refractivity contribution in [2.45, 2.75) is 0 Å². The number of aromatic amines is 1. The minimum absolute atomic E-state index is 0.0739. The van der Waals surface area contributed by atoms with Crippen molar-refractivity contribution in [1.29, 1.82) is 0 Å². The number of oxime groups is 1. The molecule has 3 aromatic rings. The zero-order valence-corrected chi connectivity index (χ0v) is 12.7. The Bertz CT molecular complexity index is 883. The van der Waals surface area contributed by atoms with Gasteiger partial charge in [-0.3, -0.25) is 4.79 Å². The molecule has 106 valence electrons. The molecule has 3 rings (SSSR count). The molecule has 0 aliphatic heterocycles. The smallest absolute Gasteiger partial charge is 0.305 e. The Morgan fingerprint density at radius 3 is 2.81 bits per heavy atom. The molecule has 21 heavy (non-hydrogen) atoms. The molecular formula is C15H11ClN2O2S. The molecule has 6 heteroatoms. The lowest BCUT2D eigenvalue weighted by atomic mass is 10.0. The van der Waals surface area contributed by atoms with Gasteiger partial charge in [0.15, 0.2) is 0 Å². The predicted molar refractivity (Wildman–Crippen MR) is 86.5 cm³/mol. The van der Waals surface area contributed by atoms with Crippen LogP contribution in [0.4, 0.5) is 0 Å². The van der Waals surface area contributed by atoms with Crippen molar-refractivity contribution in [3.63, 3.8) is 0 Å². The summed E-state index contributed by atoms with van der Waals surface area (Å²) in [5.41, 5.74) is 3.20. The Kier molecular flexibility index (Phi) is 3.77. The van der Waals surface area contributed by atoms with Crippen LogP contribution in [0.15, 0.2) is 52.4 Å². The van der Waals surface area contributed by atoms with E-state index in [4.69, 9.17) is 16.4 Å². The summed E-state index contributed by atoms with van der Waals surface area (Å²) in [5.74, 6) is 0. The van der Waals surface area contributed by atoms with E-state index >= 15 is 0 Å². The monoisotopic (exact) mass is 318 g/mol. The number of H-pyrrole nitrogens is 1. The minimum atomic E-state index is -0.0739. The lowest BCUT2D eigenvalue weighted by Crippen LogP contribution is -2.03. The third kappa shape index (κ3) is 2.84. The standard InChI is InChI=1S/C15H11ClN2O2S/c1-20-18-14(9-3-2-4-11(16)7-9)10-5-6-12-13(8-10)21-15(19)17-12/h2-8H,1H3,(H,17,19)/b18-14-. The number of rotatable bonds is 3. The van der Waals surface area contributed by atoms with Crippen LogP contribution in [0.3, 0.4) is 0 Å².